The lowest BCUT2D eigenvalue weighted by molar-refractivity contribution is 0.340. The van der Waals surface area contributed by atoms with Crippen molar-refractivity contribution in [2.75, 3.05) is 13.7 Å². The fourth-order valence-corrected chi connectivity index (χ4v) is 2.70. The smallest absolute Gasteiger partial charge is 0.252 e. The van der Waals surface area contributed by atoms with Crippen LogP contribution in [0.15, 0.2) is 53.3 Å². The number of rotatable bonds is 7. The van der Waals surface area contributed by atoms with Crippen molar-refractivity contribution in [1.82, 2.24) is 10.3 Å². The van der Waals surface area contributed by atoms with E-state index in [4.69, 9.17) is 9.47 Å². The average molecular weight is 338 g/mol. The monoisotopic (exact) mass is 338 g/mol. The van der Waals surface area contributed by atoms with Crippen LogP contribution in [-0.2, 0) is 13.1 Å². The van der Waals surface area contributed by atoms with Crippen molar-refractivity contribution in [3.63, 3.8) is 0 Å². The summed E-state index contributed by atoms with van der Waals surface area (Å²) in [5.74, 6) is 1.64. The van der Waals surface area contributed by atoms with E-state index in [-0.39, 0.29) is 5.56 Å². The standard InChI is InChI=1S/C20H22N2O3/c1-3-25-18-8-9-19-15(11-18)10-16(20(23)22-19)13-21-12-14-4-6-17(24-2)7-5-14/h4-11,21H,3,12-13H2,1-2H3,(H,22,23). The Bertz CT molecular complexity index is 901. The molecule has 0 aliphatic heterocycles. The molecular weight excluding hydrogens is 316 g/mol. The topological polar surface area (TPSA) is 63.4 Å². The van der Waals surface area contributed by atoms with Crippen LogP contribution in [0, 0.1) is 0 Å². The molecule has 1 aromatic heterocycles. The zero-order valence-corrected chi connectivity index (χ0v) is 14.5. The minimum atomic E-state index is -0.0705. The Hall–Kier alpha value is -2.79. The molecule has 0 unspecified atom stereocenters. The molecule has 3 rings (SSSR count). The fraction of sp³-hybridized carbons (Fsp3) is 0.250. The zero-order valence-electron chi connectivity index (χ0n) is 14.5. The van der Waals surface area contributed by atoms with Crippen LogP contribution in [0.2, 0.25) is 0 Å². The molecule has 3 aromatic rings. The SMILES string of the molecule is CCOc1ccc2[nH]c(=O)c(CNCc3ccc(OC)cc3)cc2c1. The quantitative estimate of drug-likeness (QED) is 0.694. The van der Waals surface area contributed by atoms with Gasteiger partial charge in [0.15, 0.2) is 0 Å². The molecule has 1 heterocycles. The molecule has 2 aromatic carbocycles. The Morgan fingerprint density at radius 1 is 1.00 bits per heavy atom. The summed E-state index contributed by atoms with van der Waals surface area (Å²) in [4.78, 5) is 15.2. The number of H-pyrrole nitrogens is 1. The summed E-state index contributed by atoms with van der Waals surface area (Å²) in [6.07, 6.45) is 0. The number of methoxy groups -OCH3 is 1. The van der Waals surface area contributed by atoms with E-state index in [1.807, 2.05) is 55.5 Å². The second-order valence-electron chi connectivity index (χ2n) is 5.76. The fourth-order valence-electron chi connectivity index (χ4n) is 2.70. The van der Waals surface area contributed by atoms with Crippen LogP contribution < -0.4 is 20.3 Å². The highest BCUT2D eigenvalue weighted by Crippen LogP contribution is 2.19. The molecule has 5 nitrogen and oxygen atoms in total. The lowest BCUT2D eigenvalue weighted by Crippen LogP contribution is -2.20. The highest BCUT2D eigenvalue weighted by Gasteiger charge is 2.04. The van der Waals surface area contributed by atoms with Crippen LogP contribution in [0.4, 0.5) is 0 Å². The largest absolute Gasteiger partial charge is 0.497 e. The Labute approximate surface area is 146 Å². The van der Waals surface area contributed by atoms with E-state index < -0.39 is 0 Å². The van der Waals surface area contributed by atoms with Crippen molar-refractivity contribution >= 4 is 10.9 Å². The van der Waals surface area contributed by atoms with Crippen molar-refractivity contribution < 1.29 is 9.47 Å². The summed E-state index contributed by atoms with van der Waals surface area (Å²) in [6.45, 7) is 3.74. The Morgan fingerprint density at radius 2 is 1.76 bits per heavy atom. The van der Waals surface area contributed by atoms with Gasteiger partial charge < -0.3 is 19.8 Å². The second-order valence-corrected chi connectivity index (χ2v) is 5.76. The molecule has 0 fully saturated rings. The highest BCUT2D eigenvalue weighted by molar-refractivity contribution is 5.80. The Kier molecular flexibility index (Phi) is 5.36. The van der Waals surface area contributed by atoms with E-state index in [1.165, 1.54) is 0 Å². The molecule has 130 valence electrons. The van der Waals surface area contributed by atoms with Crippen molar-refractivity contribution in [3.05, 3.63) is 70.0 Å². The summed E-state index contributed by atoms with van der Waals surface area (Å²) in [7, 11) is 1.65. The first-order valence-corrected chi connectivity index (χ1v) is 8.32. The summed E-state index contributed by atoms with van der Waals surface area (Å²) < 4.78 is 10.7. The number of benzene rings is 2. The maximum Gasteiger partial charge on any atom is 0.252 e. The van der Waals surface area contributed by atoms with Gasteiger partial charge in [-0.3, -0.25) is 4.79 Å². The van der Waals surface area contributed by atoms with Gasteiger partial charge in [-0.15, -0.1) is 0 Å². The van der Waals surface area contributed by atoms with Gasteiger partial charge in [0.1, 0.15) is 11.5 Å². The van der Waals surface area contributed by atoms with Gasteiger partial charge in [-0.2, -0.15) is 0 Å². The number of hydrogen-bond acceptors (Lipinski definition) is 4. The van der Waals surface area contributed by atoms with Crippen LogP contribution >= 0.6 is 0 Å². The minimum Gasteiger partial charge on any atom is -0.497 e. The van der Waals surface area contributed by atoms with Gasteiger partial charge >= 0.3 is 0 Å². The third-order valence-electron chi connectivity index (χ3n) is 4.01. The van der Waals surface area contributed by atoms with Crippen molar-refractivity contribution in [3.8, 4) is 11.5 Å². The summed E-state index contributed by atoms with van der Waals surface area (Å²) >= 11 is 0. The number of aromatic amines is 1. The summed E-state index contributed by atoms with van der Waals surface area (Å²) in [6, 6.07) is 15.5. The molecule has 0 spiro atoms. The molecular formula is C20H22N2O3. The van der Waals surface area contributed by atoms with Crippen molar-refractivity contribution in [2.24, 2.45) is 0 Å². The van der Waals surface area contributed by atoms with Crippen LogP contribution in [-0.4, -0.2) is 18.7 Å². The van der Waals surface area contributed by atoms with Crippen molar-refractivity contribution in [2.45, 2.75) is 20.0 Å². The van der Waals surface area contributed by atoms with Crippen LogP contribution in [0.5, 0.6) is 11.5 Å². The first-order chi connectivity index (χ1) is 12.2. The molecule has 0 saturated heterocycles. The highest BCUT2D eigenvalue weighted by atomic mass is 16.5. The third kappa shape index (κ3) is 4.19. The molecule has 0 atom stereocenters. The van der Waals surface area contributed by atoms with E-state index in [1.54, 1.807) is 7.11 Å². The van der Waals surface area contributed by atoms with Gasteiger partial charge in [0.25, 0.3) is 5.56 Å². The van der Waals surface area contributed by atoms with Gasteiger partial charge in [-0.05, 0) is 48.9 Å². The van der Waals surface area contributed by atoms with E-state index >= 15 is 0 Å². The lowest BCUT2D eigenvalue weighted by atomic mass is 10.1. The number of ether oxygens (including phenoxy) is 2. The first kappa shape index (κ1) is 17.0. The lowest BCUT2D eigenvalue weighted by Gasteiger charge is -2.08. The minimum absolute atomic E-state index is 0.0705. The maximum atomic E-state index is 12.2. The zero-order chi connectivity index (χ0) is 17.6. The molecule has 2 N–H and O–H groups in total. The molecule has 0 aliphatic rings. The van der Waals surface area contributed by atoms with Crippen LogP contribution in [0.25, 0.3) is 10.9 Å². The molecule has 5 heteroatoms. The van der Waals surface area contributed by atoms with E-state index in [0.29, 0.717) is 25.3 Å². The van der Waals surface area contributed by atoms with Gasteiger partial charge in [-0.25, -0.2) is 0 Å². The van der Waals surface area contributed by atoms with Gasteiger partial charge in [-0.1, -0.05) is 12.1 Å². The average Bonchev–Trinajstić information content (AvgIpc) is 2.63. The van der Waals surface area contributed by atoms with E-state index in [2.05, 4.69) is 10.3 Å². The van der Waals surface area contributed by atoms with E-state index in [9.17, 15) is 4.79 Å². The number of hydrogen-bond donors (Lipinski definition) is 2. The van der Waals surface area contributed by atoms with Crippen molar-refractivity contribution in [1.29, 1.82) is 0 Å². The number of fused-ring (bicyclic) bond motifs is 1. The molecule has 0 radical (unpaired) electrons. The Morgan fingerprint density at radius 3 is 2.48 bits per heavy atom. The van der Waals surface area contributed by atoms with Gasteiger partial charge in [0.2, 0.25) is 0 Å². The normalized spacial score (nSPS) is 10.8. The number of pyridine rings is 1. The summed E-state index contributed by atoms with van der Waals surface area (Å²) in [5.41, 5.74) is 2.58. The third-order valence-corrected chi connectivity index (χ3v) is 4.01. The molecule has 0 bridgehead atoms. The first-order valence-electron chi connectivity index (χ1n) is 8.32. The van der Waals surface area contributed by atoms with Crippen LogP contribution in [0.1, 0.15) is 18.1 Å². The molecule has 0 saturated carbocycles. The predicted molar refractivity (Wildman–Crippen MR) is 99.3 cm³/mol. The maximum absolute atomic E-state index is 12.2. The Balaban J connectivity index is 1.71. The van der Waals surface area contributed by atoms with Gasteiger partial charge in [0.05, 0.1) is 13.7 Å². The molecule has 0 amide bonds. The number of nitrogens with one attached hydrogen (secondary N) is 2. The molecule has 0 aliphatic carbocycles. The van der Waals surface area contributed by atoms with Crippen LogP contribution in [0.3, 0.4) is 0 Å². The number of aromatic nitrogens is 1. The van der Waals surface area contributed by atoms with E-state index in [0.717, 1.165) is 28.0 Å². The molecule has 25 heavy (non-hydrogen) atoms. The van der Waals surface area contributed by atoms with Gasteiger partial charge in [0, 0.05) is 29.6 Å². The predicted octanol–water partition coefficient (Wildman–Crippen LogP) is 3.23. The second kappa shape index (κ2) is 7.85. The summed E-state index contributed by atoms with van der Waals surface area (Å²) in [5, 5.41) is 4.27.